The SMILES string of the molecule is C=CC1=CC(=C)CC=C1. The van der Waals surface area contributed by atoms with Gasteiger partial charge in [-0.25, -0.2) is 0 Å². The predicted molar refractivity (Wildman–Crippen MR) is 41.2 cm³/mol. The van der Waals surface area contributed by atoms with Crippen molar-refractivity contribution in [2.75, 3.05) is 0 Å². The third-order valence-electron chi connectivity index (χ3n) is 1.30. The van der Waals surface area contributed by atoms with Crippen molar-refractivity contribution >= 4 is 0 Å². The van der Waals surface area contributed by atoms with E-state index in [1.807, 2.05) is 12.2 Å². The van der Waals surface area contributed by atoms with Crippen LogP contribution in [0.1, 0.15) is 6.42 Å². The van der Waals surface area contributed by atoms with E-state index in [9.17, 15) is 0 Å². The molecule has 0 amide bonds. The summed E-state index contributed by atoms with van der Waals surface area (Å²) in [4.78, 5) is 0. The smallest absolute Gasteiger partial charge is 0.00998 e. The lowest BCUT2D eigenvalue weighted by Gasteiger charge is -2.02. The molecule has 0 aromatic heterocycles. The largest absolute Gasteiger partial charge is 0.0985 e. The Morgan fingerprint density at radius 1 is 1.56 bits per heavy atom. The third-order valence-corrected chi connectivity index (χ3v) is 1.30. The minimum Gasteiger partial charge on any atom is -0.0985 e. The van der Waals surface area contributed by atoms with Crippen LogP contribution in [0.4, 0.5) is 0 Å². The summed E-state index contributed by atoms with van der Waals surface area (Å²) in [6.45, 7) is 7.50. The molecule has 0 unspecified atom stereocenters. The molecule has 0 aliphatic heterocycles. The van der Waals surface area contributed by atoms with Crippen LogP contribution in [-0.4, -0.2) is 0 Å². The Labute approximate surface area is 55.9 Å². The molecule has 0 aromatic rings. The summed E-state index contributed by atoms with van der Waals surface area (Å²) in [5, 5.41) is 0. The zero-order valence-electron chi connectivity index (χ0n) is 5.43. The fraction of sp³-hybridized carbons (Fsp3) is 0.111. The quantitative estimate of drug-likeness (QED) is 0.496. The van der Waals surface area contributed by atoms with Gasteiger partial charge in [-0.05, 0) is 12.0 Å². The van der Waals surface area contributed by atoms with Gasteiger partial charge in [-0.3, -0.25) is 0 Å². The van der Waals surface area contributed by atoms with Crippen molar-refractivity contribution in [2.24, 2.45) is 0 Å². The Bertz CT molecular complexity index is 192. The maximum absolute atomic E-state index is 3.84. The molecular formula is C9H10. The molecule has 0 bridgehead atoms. The molecule has 0 nitrogen and oxygen atoms in total. The van der Waals surface area contributed by atoms with Gasteiger partial charge in [0.15, 0.2) is 0 Å². The maximum Gasteiger partial charge on any atom is -0.00998 e. The molecule has 0 atom stereocenters. The summed E-state index contributed by atoms with van der Waals surface area (Å²) >= 11 is 0. The molecule has 0 saturated carbocycles. The van der Waals surface area contributed by atoms with E-state index in [0.717, 1.165) is 17.6 Å². The average molecular weight is 118 g/mol. The summed E-state index contributed by atoms with van der Waals surface area (Å²) in [6.07, 6.45) is 9.02. The second-order valence-electron chi connectivity index (χ2n) is 2.11. The molecule has 9 heavy (non-hydrogen) atoms. The van der Waals surface area contributed by atoms with Crippen molar-refractivity contribution in [2.45, 2.75) is 6.42 Å². The van der Waals surface area contributed by atoms with Crippen LogP contribution < -0.4 is 0 Å². The first kappa shape index (κ1) is 6.09. The van der Waals surface area contributed by atoms with Crippen LogP contribution in [0, 0.1) is 0 Å². The Hall–Kier alpha value is -1.04. The van der Waals surface area contributed by atoms with E-state index in [-0.39, 0.29) is 0 Å². The molecule has 1 rings (SSSR count). The van der Waals surface area contributed by atoms with Gasteiger partial charge in [0.05, 0.1) is 0 Å². The summed E-state index contributed by atoms with van der Waals surface area (Å²) in [7, 11) is 0. The highest BCUT2D eigenvalue weighted by Gasteiger charge is 1.93. The Morgan fingerprint density at radius 3 is 2.78 bits per heavy atom. The molecule has 0 aromatic carbocycles. The Kier molecular flexibility index (Phi) is 1.69. The fourth-order valence-corrected chi connectivity index (χ4v) is 0.816. The normalized spacial score (nSPS) is 17.3. The first-order valence-electron chi connectivity index (χ1n) is 3.01. The predicted octanol–water partition coefficient (Wildman–Crippen LogP) is 2.61. The van der Waals surface area contributed by atoms with Crippen molar-refractivity contribution in [3.8, 4) is 0 Å². The second-order valence-corrected chi connectivity index (χ2v) is 2.11. The molecule has 0 N–H and O–H groups in total. The van der Waals surface area contributed by atoms with E-state index in [1.165, 1.54) is 0 Å². The minimum absolute atomic E-state index is 0.983. The fourth-order valence-electron chi connectivity index (χ4n) is 0.816. The standard InChI is InChI=1S/C9H10/c1-3-9-6-4-5-8(2)7-9/h3-4,6-7H,1-2,5H2. The number of allylic oxidation sites excluding steroid dienone is 6. The number of rotatable bonds is 1. The highest BCUT2D eigenvalue weighted by molar-refractivity contribution is 5.40. The second kappa shape index (κ2) is 2.49. The summed E-state index contributed by atoms with van der Waals surface area (Å²) in [5.74, 6) is 0. The van der Waals surface area contributed by atoms with E-state index < -0.39 is 0 Å². The minimum atomic E-state index is 0.983. The molecule has 0 spiro atoms. The number of hydrogen-bond acceptors (Lipinski definition) is 0. The van der Waals surface area contributed by atoms with Gasteiger partial charge in [0, 0.05) is 0 Å². The molecule has 0 heterocycles. The van der Waals surface area contributed by atoms with Gasteiger partial charge in [-0.1, -0.05) is 43.0 Å². The monoisotopic (exact) mass is 118 g/mol. The van der Waals surface area contributed by atoms with Crippen LogP contribution >= 0.6 is 0 Å². The summed E-state index contributed by atoms with van der Waals surface area (Å²) in [5.41, 5.74) is 2.32. The topological polar surface area (TPSA) is 0 Å². The zero-order valence-corrected chi connectivity index (χ0v) is 5.43. The molecule has 1 aliphatic rings. The van der Waals surface area contributed by atoms with Crippen LogP contribution in [0.2, 0.25) is 0 Å². The summed E-state index contributed by atoms with van der Waals surface area (Å²) in [6, 6.07) is 0. The van der Waals surface area contributed by atoms with Gasteiger partial charge in [-0.2, -0.15) is 0 Å². The van der Waals surface area contributed by atoms with Crippen LogP contribution in [0.3, 0.4) is 0 Å². The van der Waals surface area contributed by atoms with Crippen LogP contribution in [-0.2, 0) is 0 Å². The molecule has 0 radical (unpaired) electrons. The number of hydrogen-bond donors (Lipinski definition) is 0. The van der Waals surface area contributed by atoms with Crippen molar-refractivity contribution in [3.05, 3.63) is 48.6 Å². The molecular weight excluding hydrogens is 108 g/mol. The lowest BCUT2D eigenvalue weighted by molar-refractivity contribution is 1.26. The van der Waals surface area contributed by atoms with E-state index in [4.69, 9.17) is 0 Å². The molecule has 0 heteroatoms. The average Bonchev–Trinajstić information content (AvgIpc) is 1.88. The molecule has 0 fully saturated rings. The lowest BCUT2D eigenvalue weighted by atomic mass is 10.0. The van der Waals surface area contributed by atoms with Crippen molar-refractivity contribution in [1.29, 1.82) is 0 Å². The van der Waals surface area contributed by atoms with E-state index in [2.05, 4.69) is 25.3 Å². The highest BCUT2D eigenvalue weighted by atomic mass is 14.0. The molecule has 1 aliphatic carbocycles. The van der Waals surface area contributed by atoms with Gasteiger partial charge in [0.2, 0.25) is 0 Å². The highest BCUT2D eigenvalue weighted by Crippen LogP contribution is 2.13. The van der Waals surface area contributed by atoms with E-state index >= 15 is 0 Å². The van der Waals surface area contributed by atoms with Gasteiger partial charge in [-0.15, -0.1) is 0 Å². The molecule has 0 saturated heterocycles. The zero-order chi connectivity index (χ0) is 6.69. The van der Waals surface area contributed by atoms with E-state index in [0.29, 0.717) is 0 Å². The van der Waals surface area contributed by atoms with Gasteiger partial charge in [0.1, 0.15) is 0 Å². The van der Waals surface area contributed by atoms with Gasteiger partial charge >= 0.3 is 0 Å². The Morgan fingerprint density at radius 2 is 2.33 bits per heavy atom. The van der Waals surface area contributed by atoms with Gasteiger partial charge < -0.3 is 0 Å². The van der Waals surface area contributed by atoms with Crippen LogP contribution in [0.5, 0.6) is 0 Å². The van der Waals surface area contributed by atoms with Crippen LogP contribution in [0.25, 0.3) is 0 Å². The van der Waals surface area contributed by atoms with Crippen LogP contribution in [0.15, 0.2) is 48.6 Å². The van der Waals surface area contributed by atoms with Crippen molar-refractivity contribution in [1.82, 2.24) is 0 Å². The first-order valence-corrected chi connectivity index (χ1v) is 3.01. The lowest BCUT2D eigenvalue weighted by Crippen LogP contribution is -1.82. The third kappa shape index (κ3) is 1.43. The first-order chi connectivity index (χ1) is 4.33. The van der Waals surface area contributed by atoms with E-state index in [1.54, 1.807) is 0 Å². The Balaban J connectivity index is 2.82. The summed E-state index contributed by atoms with van der Waals surface area (Å²) < 4.78 is 0. The van der Waals surface area contributed by atoms with Gasteiger partial charge in [0.25, 0.3) is 0 Å². The maximum atomic E-state index is 3.84. The van der Waals surface area contributed by atoms with Crippen molar-refractivity contribution < 1.29 is 0 Å². The molecule has 46 valence electrons. The van der Waals surface area contributed by atoms with Crippen molar-refractivity contribution in [3.63, 3.8) is 0 Å².